The molecule has 3 aromatic rings. The Balaban J connectivity index is 0.000000118. The molecule has 0 aromatic heterocycles. The van der Waals surface area contributed by atoms with Crippen molar-refractivity contribution in [1.82, 2.24) is 0 Å². The van der Waals surface area contributed by atoms with Gasteiger partial charge >= 0.3 is 0 Å². The molecule has 0 spiro atoms. The molecule has 0 saturated heterocycles. The quantitative estimate of drug-likeness (QED) is 0.323. The number of benzene rings is 3. The Kier molecular flexibility index (Phi) is 6.36. The minimum Gasteiger partial charge on any atom is -0.411 e. The highest BCUT2D eigenvalue weighted by Gasteiger charge is 2.27. The molecule has 0 amide bonds. The van der Waals surface area contributed by atoms with Crippen molar-refractivity contribution in [3.8, 4) is 0 Å². The van der Waals surface area contributed by atoms with E-state index in [2.05, 4.69) is 5.16 Å². The first kappa shape index (κ1) is 22.0. The lowest BCUT2D eigenvalue weighted by Crippen LogP contribution is -2.06. The first-order valence-corrected chi connectivity index (χ1v) is 10.6. The summed E-state index contributed by atoms with van der Waals surface area (Å²) < 4.78 is 0. The summed E-state index contributed by atoms with van der Waals surface area (Å²) in [7, 11) is 0. The minimum atomic E-state index is -0.333. The summed E-state index contributed by atoms with van der Waals surface area (Å²) in [5.41, 5.74) is 5.42. The number of fused-ring (bicyclic) bond motifs is 3. The van der Waals surface area contributed by atoms with Crippen LogP contribution in [0.4, 0.5) is 0 Å². The van der Waals surface area contributed by atoms with Gasteiger partial charge in [0.15, 0.2) is 5.78 Å². The normalized spacial score (nSPS) is 16.4. The molecule has 164 valence electrons. The standard InChI is InChI=1S/C9H7NO2.C9H6O2.C9H8O/c11-9-7-4-2-1-3-6(7)5-8(9)10-12;10-8-5-6-3-1-2-4-7(6)9(8)11;10-9-6-5-7-3-1-2-4-8(7)9/h1-4,12H,5H2;1-4H,5H2;1-4H,5-6H2/b10-8+;;. The number of Topliss-reactive ketones (excluding diaryl/α,β-unsaturated/α-hetero) is 4. The minimum absolute atomic E-state index is 0.159. The average molecular weight is 439 g/mol. The summed E-state index contributed by atoms with van der Waals surface area (Å²) >= 11 is 0. The van der Waals surface area contributed by atoms with Crippen LogP contribution in [0, 0.1) is 0 Å². The van der Waals surface area contributed by atoms with Crippen LogP contribution in [0.1, 0.15) is 54.2 Å². The predicted octanol–water partition coefficient (Wildman–Crippen LogP) is 4.07. The first-order valence-electron chi connectivity index (χ1n) is 10.6. The summed E-state index contributed by atoms with van der Waals surface area (Å²) in [5, 5.41) is 11.4. The van der Waals surface area contributed by atoms with E-state index in [-0.39, 0.29) is 29.5 Å². The van der Waals surface area contributed by atoms with Crippen LogP contribution in [-0.4, -0.2) is 34.1 Å². The highest BCUT2D eigenvalue weighted by atomic mass is 16.4. The van der Waals surface area contributed by atoms with Gasteiger partial charge in [-0.2, -0.15) is 0 Å². The smallest absolute Gasteiger partial charge is 0.229 e. The number of rotatable bonds is 0. The van der Waals surface area contributed by atoms with Crippen molar-refractivity contribution in [2.75, 3.05) is 0 Å². The van der Waals surface area contributed by atoms with Crippen molar-refractivity contribution in [1.29, 1.82) is 0 Å². The maximum atomic E-state index is 11.3. The number of ketones is 4. The van der Waals surface area contributed by atoms with Crippen LogP contribution in [0.3, 0.4) is 0 Å². The molecule has 3 aromatic carbocycles. The molecule has 1 N–H and O–H groups in total. The number of aryl methyl sites for hydroxylation is 1. The molecule has 0 atom stereocenters. The second kappa shape index (κ2) is 9.53. The monoisotopic (exact) mass is 439 g/mol. The van der Waals surface area contributed by atoms with Crippen LogP contribution < -0.4 is 0 Å². The van der Waals surface area contributed by atoms with Crippen LogP contribution >= 0.6 is 0 Å². The number of carbonyl (C=O) groups is 4. The Labute approximate surface area is 190 Å². The van der Waals surface area contributed by atoms with Crippen LogP contribution in [0.2, 0.25) is 0 Å². The van der Waals surface area contributed by atoms with Gasteiger partial charge < -0.3 is 5.21 Å². The van der Waals surface area contributed by atoms with Gasteiger partial charge in [0.2, 0.25) is 17.3 Å². The molecule has 0 aliphatic heterocycles. The molecule has 0 radical (unpaired) electrons. The fourth-order valence-electron chi connectivity index (χ4n) is 4.09. The lowest BCUT2D eigenvalue weighted by atomic mass is 10.1. The Morgan fingerprint density at radius 3 is 1.61 bits per heavy atom. The number of hydrogen-bond donors (Lipinski definition) is 1. The van der Waals surface area contributed by atoms with E-state index < -0.39 is 0 Å². The van der Waals surface area contributed by atoms with E-state index in [4.69, 9.17) is 5.21 Å². The SMILES string of the molecule is O=C1/C(=N/O)Cc2ccccc21.O=C1CCc2ccccc21.O=C1Cc2ccccc2C1=O. The highest BCUT2D eigenvalue weighted by Crippen LogP contribution is 2.21. The average Bonchev–Trinajstić information content (AvgIpc) is 3.49. The van der Waals surface area contributed by atoms with Gasteiger partial charge in [-0.05, 0) is 23.1 Å². The lowest BCUT2D eigenvalue weighted by Gasteiger charge is -1.92. The number of nitrogens with zero attached hydrogens (tertiary/aromatic N) is 1. The summed E-state index contributed by atoms with van der Waals surface area (Å²) in [6, 6.07) is 22.2. The molecular formula is C27H21NO5. The van der Waals surface area contributed by atoms with E-state index in [1.807, 2.05) is 48.5 Å². The Bertz CT molecular complexity index is 1310. The third-order valence-electron chi connectivity index (χ3n) is 5.81. The maximum Gasteiger partial charge on any atom is 0.229 e. The second-order valence-corrected chi connectivity index (χ2v) is 7.88. The van der Waals surface area contributed by atoms with Crippen LogP contribution in [0.15, 0.2) is 78.0 Å². The van der Waals surface area contributed by atoms with Crippen molar-refractivity contribution in [3.63, 3.8) is 0 Å². The molecule has 0 unspecified atom stereocenters. The maximum absolute atomic E-state index is 11.3. The van der Waals surface area contributed by atoms with E-state index in [0.717, 1.165) is 23.1 Å². The van der Waals surface area contributed by atoms with Gasteiger partial charge in [-0.15, -0.1) is 0 Å². The fraction of sp³-hybridized carbons (Fsp3) is 0.148. The van der Waals surface area contributed by atoms with Gasteiger partial charge in [0.25, 0.3) is 0 Å². The van der Waals surface area contributed by atoms with Crippen molar-refractivity contribution in [3.05, 3.63) is 106 Å². The summed E-state index contributed by atoms with van der Waals surface area (Å²) in [6.45, 7) is 0. The van der Waals surface area contributed by atoms with Gasteiger partial charge in [-0.1, -0.05) is 78.0 Å². The number of hydrogen-bond acceptors (Lipinski definition) is 6. The molecule has 3 aliphatic carbocycles. The van der Waals surface area contributed by atoms with Gasteiger partial charge in [-0.3, -0.25) is 19.2 Å². The van der Waals surface area contributed by atoms with E-state index in [1.165, 1.54) is 5.56 Å². The molecular weight excluding hydrogens is 418 g/mol. The molecule has 3 aliphatic rings. The molecule has 0 saturated carbocycles. The topological polar surface area (TPSA) is 101 Å². The highest BCUT2D eigenvalue weighted by molar-refractivity contribution is 6.49. The Morgan fingerprint density at radius 2 is 1.06 bits per heavy atom. The van der Waals surface area contributed by atoms with Gasteiger partial charge in [0.05, 0.1) is 0 Å². The van der Waals surface area contributed by atoms with Crippen molar-refractivity contribution in [2.45, 2.75) is 25.7 Å². The van der Waals surface area contributed by atoms with E-state index in [1.54, 1.807) is 24.3 Å². The molecule has 33 heavy (non-hydrogen) atoms. The molecule has 0 heterocycles. The third kappa shape index (κ3) is 4.55. The lowest BCUT2D eigenvalue weighted by molar-refractivity contribution is -0.114. The van der Waals surface area contributed by atoms with Crippen LogP contribution in [-0.2, 0) is 24.1 Å². The molecule has 6 nitrogen and oxygen atoms in total. The fourth-order valence-corrected chi connectivity index (χ4v) is 4.09. The van der Waals surface area contributed by atoms with E-state index >= 15 is 0 Å². The van der Waals surface area contributed by atoms with Gasteiger partial charge in [0.1, 0.15) is 5.71 Å². The summed E-state index contributed by atoms with van der Waals surface area (Å²) in [4.78, 5) is 44.3. The third-order valence-corrected chi connectivity index (χ3v) is 5.81. The molecule has 6 rings (SSSR count). The second-order valence-electron chi connectivity index (χ2n) is 7.88. The van der Waals surface area contributed by atoms with Crippen LogP contribution in [0.5, 0.6) is 0 Å². The first-order chi connectivity index (χ1) is 16.0. The van der Waals surface area contributed by atoms with Crippen molar-refractivity contribution in [2.24, 2.45) is 5.16 Å². The largest absolute Gasteiger partial charge is 0.411 e. The molecule has 0 fully saturated rings. The Morgan fingerprint density at radius 1 is 0.545 bits per heavy atom. The van der Waals surface area contributed by atoms with E-state index in [0.29, 0.717) is 29.8 Å². The van der Waals surface area contributed by atoms with Crippen LogP contribution in [0.25, 0.3) is 0 Å². The zero-order valence-corrected chi connectivity index (χ0v) is 17.8. The zero-order valence-electron chi connectivity index (χ0n) is 17.8. The summed E-state index contributed by atoms with van der Waals surface area (Å²) in [6.07, 6.45) is 2.38. The molecule has 6 heteroatoms. The van der Waals surface area contributed by atoms with Crippen molar-refractivity contribution >= 4 is 28.8 Å². The van der Waals surface area contributed by atoms with Gasteiger partial charge in [-0.25, -0.2) is 0 Å². The number of oxime groups is 1. The molecule has 0 bridgehead atoms. The van der Waals surface area contributed by atoms with Crippen molar-refractivity contribution < 1.29 is 24.4 Å². The summed E-state index contributed by atoms with van der Waals surface area (Å²) in [5.74, 6) is -0.476. The zero-order chi connectivity index (χ0) is 23.4. The van der Waals surface area contributed by atoms with Gasteiger partial charge in [0, 0.05) is 36.0 Å². The number of carbonyl (C=O) groups excluding carboxylic acids is 4. The van der Waals surface area contributed by atoms with E-state index in [9.17, 15) is 19.2 Å². The predicted molar refractivity (Wildman–Crippen MR) is 122 cm³/mol. The Hall–Kier alpha value is -4.19.